The molecule has 0 bridgehead atoms. The molecule has 2 aliphatic rings. The summed E-state index contributed by atoms with van der Waals surface area (Å²) in [6, 6.07) is 15.6. The van der Waals surface area contributed by atoms with Gasteiger partial charge in [-0.25, -0.2) is 0 Å². The number of benzene rings is 2. The summed E-state index contributed by atoms with van der Waals surface area (Å²) in [7, 11) is 0. The Balaban J connectivity index is 1.70. The summed E-state index contributed by atoms with van der Waals surface area (Å²) in [6.07, 6.45) is 7.37. The van der Waals surface area contributed by atoms with E-state index in [1.807, 2.05) is 70.1 Å². The van der Waals surface area contributed by atoms with Crippen molar-refractivity contribution in [2.24, 2.45) is 0 Å². The van der Waals surface area contributed by atoms with Crippen LogP contribution < -0.4 is 5.11 Å². The zero-order chi connectivity index (χ0) is 20.8. The molecule has 3 aromatic rings. The van der Waals surface area contributed by atoms with E-state index < -0.39 is 0 Å². The molecule has 30 heavy (non-hydrogen) atoms. The van der Waals surface area contributed by atoms with Gasteiger partial charge in [0.1, 0.15) is 0 Å². The molecule has 2 heterocycles. The van der Waals surface area contributed by atoms with Crippen LogP contribution in [0.25, 0.3) is 22.0 Å². The number of carbonyl (C=O) groups excluding carboxylic acids is 1. The minimum Gasteiger partial charge on any atom is -0.871 e. The number of fused-ring (bicyclic) bond motifs is 2. The molecule has 0 radical (unpaired) electrons. The number of rotatable bonds is 5. The minimum atomic E-state index is -0.192. The van der Waals surface area contributed by atoms with Gasteiger partial charge in [0.2, 0.25) is 5.69 Å². The molecule has 1 aliphatic heterocycles. The van der Waals surface area contributed by atoms with Crippen LogP contribution in [0.1, 0.15) is 11.1 Å². The maximum absolute atomic E-state index is 13.2. The molecule has 0 saturated heterocycles. The number of Topliss-reactive ketones (excluding diaryl/α,β-unsaturated/α-hetero) is 1. The van der Waals surface area contributed by atoms with Crippen molar-refractivity contribution in [2.75, 3.05) is 6.54 Å². The van der Waals surface area contributed by atoms with Crippen molar-refractivity contribution in [3.8, 4) is 0 Å². The highest BCUT2D eigenvalue weighted by atomic mass is 16.3. The Morgan fingerprint density at radius 2 is 1.73 bits per heavy atom. The Labute approximate surface area is 174 Å². The first-order valence-corrected chi connectivity index (χ1v) is 9.87. The van der Waals surface area contributed by atoms with Gasteiger partial charge < -0.3 is 9.67 Å². The predicted molar refractivity (Wildman–Crippen MR) is 118 cm³/mol. The Bertz CT molecular complexity index is 1350. The summed E-state index contributed by atoms with van der Waals surface area (Å²) in [4.78, 5) is 13.2. The molecule has 146 valence electrons. The summed E-state index contributed by atoms with van der Waals surface area (Å²) >= 11 is 0. The van der Waals surface area contributed by atoms with Crippen LogP contribution in [0.5, 0.6) is 0 Å². The number of hydrogen-bond acceptors (Lipinski definition) is 2. The van der Waals surface area contributed by atoms with Crippen LogP contribution in [0.3, 0.4) is 0 Å². The third-order valence-electron chi connectivity index (χ3n) is 5.68. The Morgan fingerprint density at radius 3 is 2.50 bits per heavy atom. The Hall–Kier alpha value is -3.92. The molecule has 0 spiro atoms. The first-order valence-electron chi connectivity index (χ1n) is 9.87. The van der Waals surface area contributed by atoms with E-state index >= 15 is 0 Å². The average Bonchev–Trinajstić information content (AvgIpc) is 3.29. The predicted octanol–water partition coefficient (Wildman–Crippen LogP) is 3.85. The van der Waals surface area contributed by atoms with Gasteiger partial charge in [0.15, 0.2) is 18.5 Å². The lowest BCUT2D eigenvalue weighted by Gasteiger charge is -2.31. The summed E-state index contributed by atoms with van der Waals surface area (Å²) < 4.78 is 4.03. The van der Waals surface area contributed by atoms with E-state index in [2.05, 4.69) is 13.2 Å². The van der Waals surface area contributed by atoms with E-state index in [1.165, 1.54) is 0 Å². The maximum Gasteiger partial charge on any atom is 0.213 e. The summed E-state index contributed by atoms with van der Waals surface area (Å²) in [5, 5.41) is 14.1. The normalized spacial score (nSPS) is 17.7. The van der Waals surface area contributed by atoms with E-state index in [-0.39, 0.29) is 22.7 Å². The SMILES string of the molecule is C=CCn1cc(C2=C([O-])/C(=C3/C=[N+](CC=C)c4ccccc43)C2=O)c2ccccc21. The third-order valence-corrected chi connectivity index (χ3v) is 5.68. The van der Waals surface area contributed by atoms with Crippen LogP contribution in [0.4, 0.5) is 5.69 Å². The molecular weight excluding hydrogens is 372 g/mol. The van der Waals surface area contributed by atoms with Crippen LogP contribution in [0.15, 0.2) is 91.4 Å². The fourth-order valence-corrected chi connectivity index (χ4v) is 4.36. The van der Waals surface area contributed by atoms with Gasteiger partial charge in [0.25, 0.3) is 0 Å². The van der Waals surface area contributed by atoms with Crippen LogP contribution in [-0.2, 0) is 11.3 Å². The summed E-state index contributed by atoms with van der Waals surface area (Å²) in [5.74, 6) is -0.383. The number of hydrogen-bond donors (Lipinski definition) is 0. The maximum atomic E-state index is 13.2. The van der Waals surface area contributed by atoms with Crippen molar-refractivity contribution >= 4 is 39.7 Å². The van der Waals surface area contributed by atoms with Crippen LogP contribution in [-0.4, -0.2) is 27.7 Å². The molecule has 0 atom stereocenters. The Morgan fingerprint density at radius 1 is 0.967 bits per heavy atom. The van der Waals surface area contributed by atoms with Crippen molar-refractivity contribution in [2.45, 2.75) is 6.54 Å². The second-order valence-electron chi connectivity index (χ2n) is 7.41. The van der Waals surface area contributed by atoms with Crippen LogP contribution >= 0.6 is 0 Å². The van der Waals surface area contributed by atoms with Crippen LogP contribution in [0, 0.1) is 0 Å². The highest BCUT2D eigenvalue weighted by Gasteiger charge is 2.37. The molecule has 1 aliphatic carbocycles. The fraction of sp³-hybridized carbons (Fsp3) is 0.0769. The molecule has 5 rings (SSSR count). The number of para-hydroxylation sites is 2. The van der Waals surface area contributed by atoms with Crippen molar-refractivity contribution in [3.05, 3.63) is 102 Å². The third kappa shape index (κ3) is 2.47. The van der Waals surface area contributed by atoms with Gasteiger partial charge in [-0.1, -0.05) is 48.7 Å². The lowest BCUT2D eigenvalue weighted by molar-refractivity contribution is -0.419. The first-order chi connectivity index (χ1) is 14.7. The van der Waals surface area contributed by atoms with Gasteiger partial charge >= 0.3 is 0 Å². The van der Waals surface area contributed by atoms with E-state index in [0.29, 0.717) is 24.2 Å². The second kappa shape index (κ2) is 6.85. The molecule has 0 fully saturated rings. The molecule has 2 aromatic carbocycles. The van der Waals surface area contributed by atoms with Gasteiger partial charge in [-0.2, -0.15) is 4.58 Å². The molecule has 4 heteroatoms. The van der Waals surface area contributed by atoms with Gasteiger partial charge in [-0.3, -0.25) is 4.79 Å². The number of ketones is 1. The fourth-order valence-electron chi connectivity index (χ4n) is 4.36. The first kappa shape index (κ1) is 18.1. The quantitative estimate of drug-likeness (QED) is 0.376. The zero-order valence-electron chi connectivity index (χ0n) is 16.5. The molecule has 0 N–H and O–H groups in total. The van der Waals surface area contributed by atoms with Crippen molar-refractivity contribution in [1.82, 2.24) is 4.57 Å². The number of carbonyl (C=O) groups is 1. The zero-order valence-corrected chi connectivity index (χ0v) is 16.5. The smallest absolute Gasteiger partial charge is 0.213 e. The average molecular weight is 392 g/mol. The van der Waals surface area contributed by atoms with Crippen molar-refractivity contribution < 1.29 is 14.5 Å². The Kier molecular flexibility index (Phi) is 4.14. The molecule has 0 saturated carbocycles. The monoisotopic (exact) mass is 392 g/mol. The molecule has 0 amide bonds. The van der Waals surface area contributed by atoms with E-state index in [1.54, 1.807) is 12.2 Å². The molecule has 4 nitrogen and oxygen atoms in total. The molecular formula is C26H20N2O2. The number of nitrogens with zero attached hydrogens (tertiary/aromatic N) is 2. The summed E-state index contributed by atoms with van der Waals surface area (Å²) in [5.41, 5.74) is 4.80. The summed E-state index contributed by atoms with van der Waals surface area (Å²) in [6.45, 7) is 8.83. The lowest BCUT2D eigenvalue weighted by Crippen LogP contribution is -2.30. The second-order valence-corrected chi connectivity index (χ2v) is 7.41. The largest absolute Gasteiger partial charge is 0.871 e. The molecule has 0 unspecified atom stereocenters. The van der Waals surface area contributed by atoms with Crippen molar-refractivity contribution in [1.29, 1.82) is 0 Å². The van der Waals surface area contributed by atoms with Crippen LogP contribution in [0.2, 0.25) is 0 Å². The number of allylic oxidation sites excluding steroid dienone is 4. The highest BCUT2D eigenvalue weighted by Crippen LogP contribution is 2.44. The van der Waals surface area contributed by atoms with Gasteiger partial charge in [-0.05, 0) is 18.2 Å². The highest BCUT2D eigenvalue weighted by molar-refractivity contribution is 6.45. The van der Waals surface area contributed by atoms with E-state index in [9.17, 15) is 9.90 Å². The van der Waals surface area contributed by atoms with E-state index in [0.717, 1.165) is 22.2 Å². The van der Waals surface area contributed by atoms with E-state index in [4.69, 9.17) is 0 Å². The van der Waals surface area contributed by atoms with Crippen molar-refractivity contribution in [3.63, 3.8) is 0 Å². The minimum absolute atomic E-state index is 0.192. The lowest BCUT2D eigenvalue weighted by atomic mass is 9.80. The standard InChI is InChI=1S/C26H20N2O2/c1-3-13-27-15-19(17-9-5-7-11-21(17)27)23-25(29)24(26(23)30)20-16-28(14-4-2)22-12-8-6-10-18(20)22/h3-12,15-16H,1-2,13-14H2. The van der Waals surface area contributed by atoms with Gasteiger partial charge in [0, 0.05) is 46.4 Å². The topological polar surface area (TPSA) is 48.1 Å². The molecule has 1 aromatic heterocycles. The number of aromatic nitrogens is 1. The van der Waals surface area contributed by atoms with Gasteiger partial charge in [-0.15, -0.1) is 6.58 Å². The van der Waals surface area contributed by atoms with Gasteiger partial charge in [0.05, 0.1) is 11.1 Å².